The SMILES string of the molecule is CS(=O)(=O)N(CCCC(=O)Nc1ccc2c(c1)OCCO2)c1ccc(F)cc1. The molecule has 0 radical (unpaired) electrons. The van der Waals surface area contributed by atoms with Gasteiger partial charge in [-0.05, 0) is 42.8 Å². The molecule has 1 aliphatic heterocycles. The van der Waals surface area contributed by atoms with Gasteiger partial charge in [0, 0.05) is 24.7 Å². The van der Waals surface area contributed by atoms with Gasteiger partial charge in [0.25, 0.3) is 0 Å². The van der Waals surface area contributed by atoms with E-state index in [0.29, 0.717) is 42.5 Å². The predicted octanol–water partition coefficient (Wildman–Crippen LogP) is 2.78. The molecule has 3 rings (SSSR count). The number of hydrogen-bond acceptors (Lipinski definition) is 5. The second-order valence-corrected chi connectivity index (χ2v) is 8.23. The van der Waals surface area contributed by atoms with Crippen LogP contribution in [0.2, 0.25) is 0 Å². The summed E-state index contributed by atoms with van der Waals surface area (Å²) in [6, 6.07) is 10.3. The zero-order valence-corrected chi connectivity index (χ0v) is 16.2. The number of anilines is 2. The Morgan fingerprint density at radius 1 is 1.11 bits per heavy atom. The van der Waals surface area contributed by atoms with E-state index in [1.54, 1.807) is 18.2 Å². The highest BCUT2D eigenvalue weighted by Gasteiger charge is 2.18. The number of ether oxygens (including phenoxy) is 2. The van der Waals surface area contributed by atoms with E-state index in [9.17, 15) is 17.6 Å². The lowest BCUT2D eigenvalue weighted by atomic mass is 10.2. The first-order chi connectivity index (χ1) is 13.3. The van der Waals surface area contributed by atoms with Gasteiger partial charge in [-0.3, -0.25) is 9.10 Å². The van der Waals surface area contributed by atoms with Crippen LogP contribution >= 0.6 is 0 Å². The molecule has 0 saturated carbocycles. The van der Waals surface area contributed by atoms with Crippen molar-refractivity contribution in [2.24, 2.45) is 0 Å². The van der Waals surface area contributed by atoms with Gasteiger partial charge in [-0.15, -0.1) is 0 Å². The maximum atomic E-state index is 13.1. The zero-order valence-electron chi connectivity index (χ0n) is 15.4. The molecule has 28 heavy (non-hydrogen) atoms. The van der Waals surface area contributed by atoms with Crippen molar-refractivity contribution < 1.29 is 27.1 Å². The van der Waals surface area contributed by atoms with Crippen molar-refractivity contribution in [1.82, 2.24) is 0 Å². The topological polar surface area (TPSA) is 84.9 Å². The van der Waals surface area contributed by atoms with Crippen molar-refractivity contribution in [3.05, 3.63) is 48.3 Å². The van der Waals surface area contributed by atoms with Crippen molar-refractivity contribution in [1.29, 1.82) is 0 Å². The van der Waals surface area contributed by atoms with Gasteiger partial charge in [-0.1, -0.05) is 0 Å². The van der Waals surface area contributed by atoms with E-state index in [4.69, 9.17) is 9.47 Å². The molecule has 0 atom stereocenters. The Kier molecular flexibility index (Phi) is 6.03. The molecule has 2 aromatic carbocycles. The number of nitrogens with zero attached hydrogens (tertiary/aromatic N) is 1. The molecule has 0 aliphatic carbocycles. The van der Waals surface area contributed by atoms with Gasteiger partial charge in [-0.25, -0.2) is 12.8 Å². The van der Waals surface area contributed by atoms with E-state index in [1.807, 2.05) is 0 Å². The predicted molar refractivity (Wildman–Crippen MR) is 104 cm³/mol. The Balaban J connectivity index is 1.56. The molecule has 1 aliphatic rings. The number of hydrogen-bond donors (Lipinski definition) is 1. The summed E-state index contributed by atoms with van der Waals surface area (Å²) in [4.78, 5) is 12.2. The van der Waals surface area contributed by atoms with Crippen molar-refractivity contribution in [3.63, 3.8) is 0 Å². The summed E-state index contributed by atoms with van der Waals surface area (Å²) in [5.41, 5.74) is 0.934. The molecule has 0 bridgehead atoms. The average molecular weight is 408 g/mol. The van der Waals surface area contributed by atoms with Gasteiger partial charge >= 0.3 is 0 Å². The summed E-state index contributed by atoms with van der Waals surface area (Å²) in [5, 5.41) is 2.76. The Morgan fingerprint density at radius 2 is 1.79 bits per heavy atom. The first-order valence-electron chi connectivity index (χ1n) is 8.76. The van der Waals surface area contributed by atoms with E-state index in [0.717, 1.165) is 10.6 Å². The number of fused-ring (bicyclic) bond motifs is 1. The van der Waals surface area contributed by atoms with E-state index in [-0.39, 0.29) is 18.9 Å². The highest BCUT2D eigenvalue weighted by atomic mass is 32.2. The molecule has 9 heteroatoms. The number of carbonyl (C=O) groups is 1. The number of rotatable bonds is 7. The molecule has 0 unspecified atom stereocenters. The molecule has 0 fully saturated rings. The third kappa shape index (κ3) is 5.13. The summed E-state index contributed by atoms with van der Waals surface area (Å²) in [6.07, 6.45) is 1.51. The molecule has 7 nitrogen and oxygen atoms in total. The molecule has 0 saturated heterocycles. The van der Waals surface area contributed by atoms with Crippen molar-refractivity contribution >= 4 is 27.3 Å². The summed E-state index contributed by atoms with van der Waals surface area (Å²) in [7, 11) is -3.55. The summed E-state index contributed by atoms with van der Waals surface area (Å²) < 4.78 is 49.2. The summed E-state index contributed by atoms with van der Waals surface area (Å²) in [6.45, 7) is 1.05. The Morgan fingerprint density at radius 3 is 2.46 bits per heavy atom. The van der Waals surface area contributed by atoms with Crippen molar-refractivity contribution in [2.75, 3.05) is 35.6 Å². The van der Waals surface area contributed by atoms with Gasteiger partial charge in [-0.2, -0.15) is 0 Å². The number of amides is 1. The van der Waals surface area contributed by atoms with Crippen LogP contribution in [0.5, 0.6) is 11.5 Å². The Hall–Kier alpha value is -2.81. The monoisotopic (exact) mass is 408 g/mol. The van der Waals surface area contributed by atoms with Crippen LogP contribution in [0.25, 0.3) is 0 Å². The highest BCUT2D eigenvalue weighted by molar-refractivity contribution is 7.92. The molecule has 150 valence electrons. The minimum absolute atomic E-state index is 0.110. The fraction of sp³-hybridized carbons (Fsp3) is 0.316. The number of benzene rings is 2. The Bertz CT molecular complexity index is 947. The van der Waals surface area contributed by atoms with E-state index in [2.05, 4.69) is 5.32 Å². The van der Waals surface area contributed by atoms with Crippen molar-refractivity contribution in [3.8, 4) is 11.5 Å². The maximum absolute atomic E-state index is 13.1. The molecular weight excluding hydrogens is 387 g/mol. The molecule has 1 heterocycles. The number of halogens is 1. The third-order valence-electron chi connectivity index (χ3n) is 4.11. The molecular formula is C19H21FN2O5S. The third-order valence-corrected chi connectivity index (χ3v) is 5.30. The van der Waals surface area contributed by atoms with Crippen LogP contribution in [0.4, 0.5) is 15.8 Å². The number of carbonyl (C=O) groups excluding carboxylic acids is 1. The quantitative estimate of drug-likeness (QED) is 0.762. The highest BCUT2D eigenvalue weighted by Crippen LogP contribution is 2.32. The molecule has 0 spiro atoms. The minimum atomic E-state index is -3.55. The van der Waals surface area contributed by atoms with E-state index < -0.39 is 15.8 Å². The van der Waals surface area contributed by atoms with Crippen LogP contribution in [0.15, 0.2) is 42.5 Å². The van der Waals surface area contributed by atoms with E-state index >= 15 is 0 Å². The van der Waals surface area contributed by atoms with Crippen LogP contribution in [0.3, 0.4) is 0 Å². The second kappa shape index (κ2) is 8.47. The van der Waals surface area contributed by atoms with Gasteiger partial charge in [0.05, 0.1) is 11.9 Å². The fourth-order valence-corrected chi connectivity index (χ4v) is 3.79. The molecule has 1 N–H and O–H groups in total. The van der Waals surface area contributed by atoms with Crippen LogP contribution in [-0.2, 0) is 14.8 Å². The van der Waals surface area contributed by atoms with Gasteiger partial charge in [0.15, 0.2) is 11.5 Å². The zero-order chi connectivity index (χ0) is 20.1. The normalized spacial score (nSPS) is 13.1. The summed E-state index contributed by atoms with van der Waals surface area (Å²) >= 11 is 0. The van der Waals surface area contributed by atoms with Crippen LogP contribution in [0.1, 0.15) is 12.8 Å². The molecule has 1 amide bonds. The molecule has 0 aromatic heterocycles. The maximum Gasteiger partial charge on any atom is 0.232 e. The van der Waals surface area contributed by atoms with Crippen LogP contribution in [0, 0.1) is 5.82 Å². The lowest BCUT2D eigenvalue weighted by Crippen LogP contribution is -2.31. The van der Waals surface area contributed by atoms with Gasteiger partial charge < -0.3 is 14.8 Å². The lowest BCUT2D eigenvalue weighted by Gasteiger charge is -2.22. The minimum Gasteiger partial charge on any atom is -0.486 e. The van der Waals surface area contributed by atoms with Crippen LogP contribution < -0.4 is 19.1 Å². The van der Waals surface area contributed by atoms with Gasteiger partial charge in [0.1, 0.15) is 19.0 Å². The largest absolute Gasteiger partial charge is 0.486 e. The lowest BCUT2D eigenvalue weighted by molar-refractivity contribution is -0.116. The second-order valence-electron chi connectivity index (χ2n) is 6.32. The van der Waals surface area contributed by atoms with Gasteiger partial charge in [0.2, 0.25) is 15.9 Å². The first-order valence-corrected chi connectivity index (χ1v) is 10.6. The summed E-state index contributed by atoms with van der Waals surface area (Å²) in [5.74, 6) is 0.510. The van der Waals surface area contributed by atoms with Crippen LogP contribution in [-0.4, -0.2) is 40.3 Å². The van der Waals surface area contributed by atoms with Crippen molar-refractivity contribution in [2.45, 2.75) is 12.8 Å². The first kappa shape index (κ1) is 19.9. The fourth-order valence-electron chi connectivity index (χ4n) is 2.82. The number of nitrogens with one attached hydrogen (secondary N) is 1. The average Bonchev–Trinajstić information content (AvgIpc) is 2.65. The molecule has 2 aromatic rings. The standard InChI is InChI=1S/C19H21FN2O5S/c1-28(24,25)22(16-7-4-14(20)5-8-16)10-2-3-19(23)21-15-6-9-17-18(13-15)27-12-11-26-17/h4-9,13H,2-3,10-12H2,1H3,(H,21,23). The smallest absolute Gasteiger partial charge is 0.232 e. The van der Waals surface area contributed by atoms with E-state index in [1.165, 1.54) is 24.3 Å². The number of sulfonamides is 1. The Labute approximate surface area is 163 Å².